The van der Waals surface area contributed by atoms with Crippen molar-refractivity contribution >= 4 is 50.7 Å². The lowest BCUT2D eigenvalue weighted by molar-refractivity contribution is -0.140. The Hall–Kier alpha value is -3.07. The highest BCUT2D eigenvalue weighted by Gasteiger charge is 2.34. The maximum atomic E-state index is 14.1. The third kappa shape index (κ3) is 7.53. The Kier molecular flexibility index (Phi) is 10.4. The molecule has 0 saturated heterocycles. The highest BCUT2D eigenvalue weighted by molar-refractivity contribution is 7.92. The smallest absolute Gasteiger partial charge is 0.264 e. The van der Waals surface area contributed by atoms with Gasteiger partial charge in [0.1, 0.15) is 12.6 Å². The van der Waals surface area contributed by atoms with Crippen LogP contribution in [0.2, 0.25) is 10.0 Å². The van der Waals surface area contributed by atoms with Gasteiger partial charge in [-0.15, -0.1) is 0 Å². The number of nitrogens with one attached hydrogen (secondary N) is 1. The molecule has 3 aromatic carbocycles. The van der Waals surface area contributed by atoms with E-state index in [0.29, 0.717) is 33.3 Å². The highest BCUT2D eigenvalue weighted by Crippen LogP contribution is 2.28. The van der Waals surface area contributed by atoms with Gasteiger partial charge < -0.3 is 10.2 Å². The summed E-state index contributed by atoms with van der Waals surface area (Å²) in [5.41, 5.74) is 1.64. The van der Waals surface area contributed by atoms with Crippen molar-refractivity contribution in [1.29, 1.82) is 0 Å². The quantitative estimate of drug-likeness (QED) is 0.305. The van der Waals surface area contributed by atoms with Gasteiger partial charge in [-0.3, -0.25) is 13.9 Å². The predicted octanol–water partition coefficient (Wildman–Crippen LogP) is 5.83. The molecule has 2 amide bonds. The summed E-state index contributed by atoms with van der Waals surface area (Å²) in [5, 5.41) is 3.65. The number of benzene rings is 3. The van der Waals surface area contributed by atoms with Crippen molar-refractivity contribution < 1.29 is 18.0 Å². The van der Waals surface area contributed by atoms with Crippen LogP contribution in [-0.4, -0.2) is 43.8 Å². The molecule has 0 aromatic heterocycles. The molecule has 0 fully saturated rings. The molecular weight excluding hydrogens is 557 g/mol. The number of para-hydroxylation sites is 1. The van der Waals surface area contributed by atoms with Crippen molar-refractivity contribution in [2.75, 3.05) is 10.8 Å². The Morgan fingerprint density at radius 1 is 0.949 bits per heavy atom. The van der Waals surface area contributed by atoms with Crippen LogP contribution in [0.1, 0.15) is 38.3 Å². The number of sulfonamides is 1. The molecule has 0 heterocycles. The fraction of sp³-hybridized carbons (Fsp3) is 0.310. The van der Waals surface area contributed by atoms with E-state index in [1.165, 1.54) is 17.0 Å². The fourth-order valence-electron chi connectivity index (χ4n) is 4.21. The minimum absolute atomic E-state index is 0.00808. The summed E-state index contributed by atoms with van der Waals surface area (Å²) in [6, 6.07) is 18.8. The molecule has 0 spiro atoms. The lowest BCUT2D eigenvalue weighted by atomic mass is 10.1. The number of carbonyl (C=O) groups is 2. The molecule has 1 atom stereocenters. The molecule has 7 nitrogen and oxygen atoms in total. The number of halogens is 2. The average Bonchev–Trinajstić information content (AvgIpc) is 2.88. The number of nitrogens with zero attached hydrogens (tertiary/aromatic N) is 2. The standard InChI is InChI=1S/C29H33Cl2N3O4S/c1-5-26(29(36)32-20(2)3)33(18-22-15-16-23(30)17-25(22)31)28(35)19-34(27-14-10-9-11-21(27)4)39(37,38)24-12-7-6-8-13-24/h6-17,20,26H,5,18-19H2,1-4H3,(H,32,36). The summed E-state index contributed by atoms with van der Waals surface area (Å²) in [5.74, 6) is -0.881. The van der Waals surface area contributed by atoms with Gasteiger partial charge in [0.25, 0.3) is 10.0 Å². The molecule has 0 aliphatic heterocycles. The second-order valence-electron chi connectivity index (χ2n) is 9.46. The molecular formula is C29H33Cl2N3O4S. The maximum Gasteiger partial charge on any atom is 0.264 e. The zero-order chi connectivity index (χ0) is 28.7. The van der Waals surface area contributed by atoms with Gasteiger partial charge in [0.15, 0.2) is 0 Å². The second kappa shape index (κ2) is 13.3. The van der Waals surface area contributed by atoms with E-state index in [4.69, 9.17) is 23.2 Å². The summed E-state index contributed by atoms with van der Waals surface area (Å²) in [4.78, 5) is 28.7. The van der Waals surface area contributed by atoms with Crippen molar-refractivity contribution in [3.63, 3.8) is 0 Å². The molecule has 0 radical (unpaired) electrons. The molecule has 3 rings (SSSR count). The summed E-state index contributed by atoms with van der Waals surface area (Å²) in [7, 11) is -4.12. The minimum atomic E-state index is -4.12. The van der Waals surface area contributed by atoms with E-state index < -0.39 is 28.5 Å². The number of anilines is 1. The van der Waals surface area contributed by atoms with E-state index in [1.54, 1.807) is 74.5 Å². The number of aryl methyl sites for hydroxylation is 1. The van der Waals surface area contributed by atoms with Crippen molar-refractivity contribution in [3.05, 3.63) is 94.0 Å². The number of hydrogen-bond donors (Lipinski definition) is 1. The third-order valence-corrected chi connectivity index (χ3v) is 8.53. The van der Waals surface area contributed by atoms with Crippen molar-refractivity contribution in [3.8, 4) is 0 Å². The average molecular weight is 591 g/mol. The lowest BCUT2D eigenvalue weighted by Gasteiger charge is -2.34. The fourth-order valence-corrected chi connectivity index (χ4v) is 6.18. The van der Waals surface area contributed by atoms with Crippen LogP contribution < -0.4 is 9.62 Å². The first-order valence-electron chi connectivity index (χ1n) is 12.6. The van der Waals surface area contributed by atoms with Crippen LogP contribution in [0.15, 0.2) is 77.7 Å². The molecule has 208 valence electrons. The first-order chi connectivity index (χ1) is 18.4. The molecule has 0 aliphatic carbocycles. The normalized spacial score (nSPS) is 12.2. The second-order valence-corrected chi connectivity index (χ2v) is 12.2. The Labute approximate surface area is 240 Å². The monoisotopic (exact) mass is 589 g/mol. The molecule has 10 heteroatoms. The van der Waals surface area contributed by atoms with Crippen molar-refractivity contribution in [1.82, 2.24) is 10.2 Å². The van der Waals surface area contributed by atoms with Crippen molar-refractivity contribution in [2.45, 2.75) is 57.6 Å². The van der Waals surface area contributed by atoms with Crippen LogP contribution >= 0.6 is 23.2 Å². The van der Waals surface area contributed by atoms with Gasteiger partial charge in [-0.05, 0) is 68.7 Å². The first kappa shape index (κ1) is 30.5. The van der Waals surface area contributed by atoms with Crippen molar-refractivity contribution in [2.24, 2.45) is 0 Å². The summed E-state index contributed by atoms with van der Waals surface area (Å²) >= 11 is 12.5. The topological polar surface area (TPSA) is 86.8 Å². The van der Waals surface area contributed by atoms with Crippen LogP contribution in [0, 0.1) is 6.92 Å². The van der Waals surface area contributed by atoms with Gasteiger partial charge in [-0.25, -0.2) is 8.42 Å². The van der Waals surface area contributed by atoms with E-state index in [9.17, 15) is 18.0 Å². The zero-order valence-electron chi connectivity index (χ0n) is 22.4. The van der Waals surface area contributed by atoms with E-state index in [1.807, 2.05) is 13.8 Å². The van der Waals surface area contributed by atoms with E-state index in [2.05, 4.69) is 5.32 Å². The number of carbonyl (C=O) groups excluding carboxylic acids is 2. The van der Waals surface area contributed by atoms with Gasteiger partial charge >= 0.3 is 0 Å². The molecule has 39 heavy (non-hydrogen) atoms. The summed E-state index contributed by atoms with van der Waals surface area (Å²) in [6.07, 6.45) is 0.311. The van der Waals surface area contributed by atoms with Gasteiger partial charge in [-0.2, -0.15) is 0 Å². The zero-order valence-corrected chi connectivity index (χ0v) is 24.7. The minimum Gasteiger partial charge on any atom is -0.352 e. The summed E-state index contributed by atoms with van der Waals surface area (Å²) < 4.78 is 28.8. The lowest BCUT2D eigenvalue weighted by Crippen LogP contribution is -2.53. The number of amides is 2. The largest absolute Gasteiger partial charge is 0.352 e. The number of rotatable bonds is 11. The predicted molar refractivity (Wildman–Crippen MR) is 157 cm³/mol. The highest BCUT2D eigenvalue weighted by atomic mass is 35.5. The van der Waals surface area contributed by atoms with Crippen LogP contribution in [0.3, 0.4) is 0 Å². The SMILES string of the molecule is CCC(C(=O)NC(C)C)N(Cc1ccc(Cl)cc1Cl)C(=O)CN(c1ccccc1C)S(=O)(=O)c1ccccc1. The molecule has 0 bridgehead atoms. The van der Waals surface area contributed by atoms with Gasteiger partial charge in [0, 0.05) is 22.6 Å². The van der Waals surface area contributed by atoms with Crippen LogP contribution in [-0.2, 0) is 26.2 Å². The number of hydrogen-bond acceptors (Lipinski definition) is 4. The summed E-state index contributed by atoms with van der Waals surface area (Å²) in [6.45, 7) is 6.72. The molecule has 1 N–H and O–H groups in total. The van der Waals surface area contributed by atoms with Crippen LogP contribution in [0.4, 0.5) is 5.69 Å². The van der Waals surface area contributed by atoms with E-state index >= 15 is 0 Å². The van der Waals surface area contributed by atoms with Crippen LogP contribution in [0.5, 0.6) is 0 Å². The van der Waals surface area contributed by atoms with Gasteiger partial charge in [0.05, 0.1) is 10.6 Å². The Balaban J connectivity index is 2.09. The van der Waals surface area contributed by atoms with E-state index in [0.717, 1.165) is 4.31 Å². The molecule has 0 saturated carbocycles. The molecule has 0 aliphatic rings. The molecule has 1 unspecified atom stereocenters. The molecule has 3 aromatic rings. The third-order valence-electron chi connectivity index (χ3n) is 6.17. The maximum absolute atomic E-state index is 14.1. The van der Waals surface area contributed by atoms with Gasteiger partial charge in [0.2, 0.25) is 11.8 Å². The van der Waals surface area contributed by atoms with E-state index in [-0.39, 0.29) is 23.4 Å². The van der Waals surface area contributed by atoms with Gasteiger partial charge in [-0.1, -0.05) is 72.6 Å². The first-order valence-corrected chi connectivity index (χ1v) is 14.8. The Morgan fingerprint density at radius 3 is 2.18 bits per heavy atom. The Morgan fingerprint density at radius 2 is 1.59 bits per heavy atom. The Bertz CT molecular complexity index is 1420. The van der Waals surface area contributed by atoms with Crippen LogP contribution in [0.25, 0.3) is 0 Å².